The van der Waals surface area contributed by atoms with E-state index in [1.807, 2.05) is 11.1 Å². The van der Waals surface area contributed by atoms with Gasteiger partial charge in [0.25, 0.3) is 0 Å². The number of fused-ring (bicyclic) bond motifs is 1. The van der Waals surface area contributed by atoms with Crippen LogP contribution < -0.4 is 5.32 Å². The number of aromatic amines is 1. The van der Waals surface area contributed by atoms with Gasteiger partial charge in [0.15, 0.2) is 0 Å². The van der Waals surface area contributed by atoms with Gasteiger partial charge >= 0.3 is 0 Å². The van der Waals surface area contributed by atoms with Gasteiger partial charge in [-0.2, -0.15) is 0 Å². The third-order valence-corrected chi connectivity index (χ3v) is 4.99. The van der Waals surface area contributed by atoms with Gasteiger partial charge in [-0.15, -0.1) is 0 Å². The number of unbranched alkanes of at least 4 members (excludes halogenated alkanes) is 1. The molecule has 2 amide bonds. The molecule has 0 unspecified atom stereocenters. The lowest BCUT2D eigenvalue weighted by atomic mass is 10.1. The van der Waals surface area contributed by atoms with Crippen LogP contribution in [0.4, 0.5) is 0 Å². The number of nitrogens with zero attached hydrogens (tertiary/aromatic N) is 1. The van der Waals surface area contributed by atoms with E-state index in [0.29, 0.717) is 26.1 Å². The van der Waals surface area contributed by atoms with Crippen molar-refractivity contribution >= 4 is 22.7 Å². The monoisotopic (exact) mass is 341 g/mol. The zero-order valence-electron chi connectivity index (χ0n) is 15.1. The SMILES string of the molecule is CCCCNC(=O)[C@@H]1CC(=O)N(CCc2c[nH]c3ccc(C)cc23)C1. The van der Waals surface area contributed by atoms with Crippen molar-refractivity contribution in [2.75, 3.05) is 19.6 Å². The molecule has 0 aliphatic carbocycles. The van der Waals surface area contributed by atoms with Crippen LogP contribution in [0.5, 0.6) is 0 Å². The van der Waals surface area contributed by atoms with Gasteiger partial charge < -0.3 is 15.2 Å². The summed E-state index contributed by atoms with van der Waals surface area (Å²) in [6.45, 7) is 6.09. The van der Waals surface area contributed by atoms with Crippen LogP contribution in [0.25, 0.3) is 10.9 Å². The molecule has 0 saturated carbocycles. The fourth-order valence-electron chi connectivity index (χ4n) is 3.45. The Morgan fingerprint density at radius 2 is 2.24 bits per heavy atom. The average molecular weight is 341 g/mol. The predicted molar refractivity (Wildman–Crippen MR) is 99.3 cm³/mol. The van der Waals surface area contributed by atoms with Gasteiger partial charge in [0.1, 0.15) is 0 Å². The molecule has 0 bridgehead atoms. The van der Waals surface area contributed by atoms with Gasteiger partial charge in [-0.3, -0.25) is 9.59 Å². The van der Waals surface area contributed by atoms with Crippen LogP contribution in [-0.4, -0.2) is 41.3 Å². The molecule has 134 valence electrons. The van der Waals surface area contributed by atoms with Gasteiger partial charge in [-0.25, -0.2) is 0 Å². The first-order valence-corrected chi connectivity index (χ1v) is 9.20. The van der Waals surface area contributed by atoms with Crippen molar-refractivity contribution in [1.29, 1.82) is 0 Å². The molecule has 25 heavy (non-hydrogen) atoms. The van der Waals surface area contributed by atoms with Crippen LogP contribution in [0.2, 0.25) is 0 Å². The van der Waals surface area contributed by atoms with E-state index in [2.05, 4.69) is 42.3 Å². The van der Waals surface area contributed by atoms with Crippen LogP contribution >= 0.6 is 0 Å². The van der Waals surface area contributed by atoms with Crippen LogP contribution in [0.1, 0.15) is 37.3 Å². The smallest absolute Gasteiger partial charge is 0.225 e. The maximum atomic E-state index is 12.2. The lowest BCUT2D eigenvalue weighted by Gasteiger charge is -2.16. The molecule has 3 rings (SSSR count). The predicted octanol–water partition coefficient (Wildman–Crippen LogP) is 2.78. The topological polar surface area (TPSA) is 65.2 Å². The molecule has 0 radical (unpaired) electrons. The van der Waals surface area contributed by atoms with Crippen LogP contribution in [-0.2, 0) is 16.0 Å². The summed E-state index contributed by atoms with van der Waals surface area (Å²) in [7, 11) is 0. The Morgan fingerprint density at radius 1 is 1.40 bits per heavy atom. The molecule has 5 nitrogen and oxygen atoms in total. The number of benzene rings is 1. The van der Waals surface area contributed by atoms with Crippen molar-refractivity contribution in [3.8, 4) is 0 Å². The standard InChI is InChI=1S/C20H27N3O2/c1-3-4-8-21-20(25)16-11-19(24)23(13-16)9-7-15-12-22-18-6-5-14(2)10-17(15)18/h5-6,10,12,16,22H,3-4,7-9,11,13H2,1-2H3,(H,21,25)/t16-/m1/s1. The molecule has 1 atom stereocenters. The molecule has 1 aliphatic heterocycles. The number of hydrogen-bond donors (Lipinski definition) is 2. The van der Waals surface area contributed by atoms with Gasteiger partial charge in [-0.05, 0) is 37.5 Å². The fraction of sp³-hybridized carbons (Fsp3) is 0.500. The van der Waals surface area contributed by atoms with Gasteiger partial charge in [0, 0.05) is 43.2 Å². The largest absolute Gasteiger partial charge is 0.361 e. The van der Waals surface area contributed by atoms with E-state index in [4.69, 9.17) is 0 Å². The summed E-state index contributed by atoms with van der Waals surface area (Å²) in [5.41, 5.74) is 3.58. The normalized spacial score (nSPS) is 17.4. The molecule has 2 aromatic rings. The number of amides is 2. The number of carbonyl (C=O) groups excluding carboxylic acids is 2. The van der Waals surface area contributed by atoms with Crippen molar-refractivity contribution in [2.45, 2.75) is 39.5 Å². The minimum absolute atomic E-state index is 0.0204. The highest BCUT2D eigenvalue weighted by Gasteiger charge is 2.33. The molecule has 1 fully saturated rings. The minimum Gasteiger partial charge on any atom is -0.361 e. The van der Waals surface area contributed by atoms with Crippen molar-refractivity contribution < 1.29 is 9.59 Å². The van der Waals surface area contributed by atoms with E-state index in [1.54, 1.807) is 0 Å². The Labute approximate surface area is 148 Å². The highest BCUT2D eigenvalue weighted by atomic mass is 16.2. The molecular weight excluding hydrogens is 314 g/mol. The van der Waals surface area contributed by atoms with E-state index in [9.17, 15) is 9.59 Å². The Kier molecular flexibility index (Phi) is 5.41. The first-order valence-electron chi connectivity index (χ1n) is 9.20. The Bertz CT molecular complexity index is 765. The summed E-state index contributed by atoms with van der Waals surface area (Å²) in [6, 6.07) is 6.36. The third-order valence-electron chi connectivity index (χ3n) is 4.99. The number of aromatic nitrogens is 1. The summed E-state index contributed by atoms with van der Waals surface area (Å²) in [6.07, 6.45) is 5.21. The quantitative estimate of drug-likeness (QED) is 0.761. The second kappa shape index (κ2) is 7.72. The van der Waals surface area contributed by atoms with E-state index in [1.165, 1.54) is 16.5 Å². The summed E-state index contributed by atoms with van der Waals surface area (Å²) >= 11 is 0. The third kappa shape index (κ3) is 4.03. The van der Waals surface area contributed by atoms with Crippen LogP contribution in [0.3, 0.4) is 0 Å². The number of hydrogen-bond acceptors (Lipinski definition) is 2. The highest BCUT2D eigenvalue weighted by molar-refractivity contribution is 5.89. The molecule has 0 spiro atoms. The second-order valence-electron chi connectivity index (χ2n) is 7.00. The van der Waals surface area contributed by atoms with E-state index in [0.717, 1.165) is 24.8 Å². The molecule has 1 aromatic carbocycles. The van der Waals surface area contributed by atoms with E-state index >= 15 is 0 Å². The molecule has 5 heteroatoms. The van der Waals surface area contributed by atoms with Gasteiger partial charge in [-0.1, -0.05) is 25.0 Å². The maximum absolute atomic E-state index is 12.2. The Hall–Kier alpha value is -2.30. The molecule has 2 heterocycles. The van der Waals surface area contributed by atoms with Crippen LogP contribution in [0.15, 0.2) is 24.4 Å². The average Bonchev–Trinajstić information content (AvgIpc) is 3.16. The molecular formula is C20H27N3O2. The van der Waals surface area contributed by atoms with E-state index in [-0.39, 0.29) is 17.7 Å². The summed E-state index contributed by atoms with van der Waals surface area (Å²) in [5.74, 6) is -0.0896. The number of aryl methyl sites for hydroxylation is 1. The summed E-state index contributed by atoms with van der Waals surface area (Å²) < 4.78 is 0. The van der Waals surface area contributed by atoms with Gasteiger partial charge in [0.2, 0.25) is 11.8 Å². The Balaban J connectivity index is 1.57. The summed E-state index contributed by atoms with van der Waals surface area (Å²) in [4.78, 5) is 29.5. The zero-order valence-corrected chi connectivity index (χ0v) is 15.1. The van der Waals surface area contributed by atoms with Crippen molar-refractivity contribution in [2.24, 2.45) is 5.92 Å². The number of rotatable bonds is 7. The van der Waals surface area contributed by atoms with Gasteiger partial charge in [0.05, 0.1) is 5.92 Å². The number of H-pyrrole nitrogens is 1. The van der Waals surface area contributed by atoms with Crippen molar-refractivity contribution in [3.63, 3.8) is 0 Å². The maximum Gasteiger partial charge on any atom is 0.225 e. The summed E-state index contributed by atoms with van der Waals surface area (Å²) in [5, 5.41) is 4.17. The second-order valence-corrected chi connectivity index (χ2v) is 7.00. The number of likely N-dealkylation sites (tertiary alicyclic amines) is 1. The molecule has 1 aliphatic rings. The van der Waals surface area contributed by atoms with Crippen molar-refractivity contribution in [1.82, 2.24) is 15.2 Å². The number of nitrogens with one attached hydrogen (secondary N) is 2. The minimum atomic E-state index is -0.199. The molecule has 1 aromatic heterocycles. The van der Waals surface area contributed by atoms with Crippen LogP contribution in [0, 0.1) is 12.8 Å². The Morgan fingerprint density at radius 3 is 3.04 bits per heavy atom. The lowest BCUT2D eigenvalue weighted by Crippen LogP contribution is -2.34. The lowest BCUT2D eigenvalue weighted by molar-refractivity contribution is -0.129. The van der Waals surface area contributed by atoms with E-state index < -0.39 is 0 Å². The molecule has 1 saturated heterocycles. The first kappa shape index (κ1) is 17.5. The highest BCUT2D eigenvalue weighted by Crippen LogP contribution is 2.22. The first-order chi connectivity index (χ1) is 12.1. The van der Waals surface area contributed by atoms with Crippen molar-refractivity contribution in [3.05, 3.63) is 35.5 Å². The number of carbonyl (C=O) groups is 2. The molecule has 2 N–H and O–H groups in total. The zero-order chi connectivity index (χ0) is 17.8. The fourth-order valence-corrected chi connectivity index (χ4v) is 3.45.